The quantitative estimate of drug-likeness (QED) is 0.141. The van der Waals surface area contributed by atoms with Gasteiger partial charge < -0.3 is 23.8 Å². The number of rotatable bonds is 10. The average Bonchev–Trinajstić information content (AvgIpc) is 3.50. The van der Waals surface area contributed by atoms with E-state index in [4.69, 9.17) is 32.7 Å². The molecule has 1 saturated heterocycles. The SMILES string of the molecule is COc1cccc(CN(C(=O)c2cc(-c3cc(C(F)F)c(Cl)cc3C(=O)N3Cc4ccccc4CC3CN3CCOCC3)n(C)c2C)c2ccc(Cl)cc2)c1C. The first kappa shape index (κ1) is 39.5. The molecule has 12 heteroatoms. The lowest BCUT2D eigenvalue weighted by atomic mass is 9.91. The van der Waals surface area contributed by atoms with E-state index in [-0.39, 0.29) is 40.6 Å². The number of methoxy groups -OCH3 is 1. The van der Waals surface area contributed by atoms with Crippen LogP contribution < -0.4 is 9.64 Å². The van der Waals surface area contributed by atoms with Crippen molar-refractivity contribution >= 4 is 40.7 Å². The number of amides is 2. The number of halogens is 4. The van der Waals surface area contributed by atoms with Crippen molar-refractivity contribution in [2.24, 2.45) is 7.05 Å². The van der Waals surface area contributed by atoms with Crippen molar-refractivity contribution in [1.82, 2.24) is 14.4 Å². The molecule has 0 N–H and O–H groups in total. The standard InChI is InChI=1S/C44H44Cl2F2N4O4/c1-27-30(10-7-11-41(27)55-4)24-51(33-14-12-32(45)13-15-33)43(53)35-23-40(49(3)28(35)2)36-21-38(42(47)48)39(46)22-37(36)44(54)52-25-31-9-6-5-8-29(31)20-34(52)26-50-16-18-56-19-17-50/h5-15,21-23,34,42H,16-20,24-26H2,1-4H3. The lowest BCUT2D eigenvalue weighted by molar-refractivity contribution is 0.0193. The zero-order valence-electron chi connectivity index (χ0n) is 31.8. The van der Waals surface area contributed by atoms with Crippen molar-refractivity contribution in [2.45, 2.75) is 45.8 Å². The van der Waals surface area contributed by atoms with Crippen molar-refractivity contribution in [3.8, 4) is 17.0 Å². The van der Waals surface area contributed by atoms with E-state index < -0.39 is 12.0 Å². The number of morpholine rings is 1. The summed E-state index contributed by atoms with van der Waals surface area (Å²) in [5.74, 6) is 0.0601. The molecule has 0 bridgehead atoms. The number of anilines is 1. The van der Waals surface area contributed by atoms with Crippen LogP contribution in [-0.4, -0.2) is 72.2 Å². The third-order valence-corrected chi connectivity index (χ3v) is 11.7. The van der Waals surface area contributed by atoms with Crippen LogP contribution in [0.5, 0.6) is 5.75 Å². The monoisotopic (exact) mass is 800 g/mol. The van der Waals surface area contributed by atoms with Crippen molar-refractivity contribution in [3.05, 3.63) is 140 Å². The Morgan fingerprint density at radius 1 is 0.929 bits per heavy atom. The summed E-state index contributed by atoms with van der Waals surface area (Å²) >= 11 is 12.8. The number of hydrogen-bond acceptors (Lipinski definition) is 5. The highest BCUT2D eigenvalue weighted by Gasteiger charge is 2.35. The van der Waals surface area contributed by atoms with Crippen molar-refractivity contribution in [1.29, 1.82) is 0 Å². The molecule has 7 rings (SSSR count). The van der Waals surface area contributed by atoms with Gasteiger partial charge in [0.05, 0.1) is 43.0 Å². The van der Waals surface area contributed by atoms with Crippen LogP contribution in [0, 0.1) is 13.8 Å². The molecule has 2 amide bonds. The van der Waals surface area contributed by atoms with E-state index in [1.807, 2.05) is 48.2 Å². The smallest absolute Gasteiger partial charge is 0.265 e. The van der Waals surface area contributed by atoms with E-state index in [0.29, 0.717) is 66.1 Å². The van der Waals surface area contributed by atoms with E-state index in [9.17, 15) is 18.4 Å². The summed E-state index contributed by atoms with van der Waals surface area (Å²) in [4.78, 5) is 35.5. The minimum Gasteiger partial charge on any atom is -0.496 e. The number of aromatic nitrogens is 1. The molecule has 4 aromatic carbocycles. The number of carbonyl (C=O) groups is 2. The molecule has 56 heavy (non-hydrogen) atoms. The van der Waals surface area contributed by atoms with E-state index in [1.54, 1.807) is 60.9 Å². The summed E-state index contributed by atoms with van der Waals surface area (Å²) in [5.41, 5.74) is 6.04. The van der Waals surface area contributed by atoms with Crippen molar-refractivity contribution < 1.29 is 27.8 Å². The fraction of sp³-hybridized carbons (Fsp3) is 0.318. The second-order valence-corrected chi connectivity index (χ2v) is 15.2. The predicted molar refractivity (Wildman–Crippen MR) is 216 cm³/mol. The largest absolute Gasteiger partial charge is 0.496 e. The molecule has 2 aliphatic heterocycles. The van der Waals surface area contributed by atoms with Crippen molar-refractivity contribution in [2.75, 3.05) is 44.9 Å². The molecule has 1 atom stereocenters. The number of carbonyl (C=O) groups excluding carboxylic acids is 2. The number of hydrogen-bond donors (Lipinski definition) is 0. The van der Waals surface area contributed by atoms with Gasteiger partial charge in [-0.3, -0.25) is 14.5 Å². The molecule has 0 spiro atoms. The molecule has 1 aromatic heterocycles. The number of alkyl halides is 2. The van der Waals surface area contributed by atoms with Crippen LogP contribution >= 0.6 is 23.2 Å². The first-order valence-electron chi connectivity index (χ1n) is 18.6. The van der Waals surface area contributed by atoms with Crippen LogP contribution in [0.25, 0.3) is 11.3 Å². The van der Waals surface area contributed by atoms with Gasteiger partial charge in [0.2, 0.25) is 0 Å². The van der Waals surface area contributed by atoms with Crippen LogP contribution in [0.2, 0.25) is 10.0 Å². The molecule has 0 saturated carbocycles. The van der Waals surface area contributed by atoms with E-state index in [1.165, 1.54) is 17.7 Å². The summed E-state index contributed by atoms with van der Waals surface area (Å²) in [6.45, 7) is 7.70. The predicted octanol–water partition coefficient (Wildman–Crippen LogP) is 9.31. The Morgan fingerprint density at radius 2 is 1.64 bits per heavy atom. The Morgan fingerprint density at radius 3 is 2.34 bits per heavy atom. The fourth-order valence-corrected chi connectivity index (χ4v) is 8.19. The normalized spacial score (nSPS) is 15.9. The van der Waals surface area contributed by atoms with Gasteiger partial charge in [0.15, 0.2) is 0 Å². The minimum atomic E-state index is -2.89. The summed E-state index contributed by atoms with van der Waals surface area (Å²) in [6.07, 6.45) is -2.25. The zero-order chi connectivity index (χ0) is 39.7. The lowest BCUT2D eigenvalue weighted by Crippen LogP contribution is -2.52. The van der Waals surface area contributed by atoms with Gasteiger partial charge in [0, 0.05) is 72.5 Å². The van der Waals surface area contributed by atoms with Gasteiger partial charge >= 0.3 is 0 Å². The van der Waals surface area contributed by atoms with Crippen LogP contribution in [-0.2, 0) is 31.3 Å². The van der Waals surface area contributed by atoms with Gasteiger partial charge in [-0.1, -0.05) is 59.6 Å². The maximum Gasteiger partial charge on any atom is 0.265 e. The van der Waals surface area contributed by atoms with Crippen LogP contribution in [0.4, 0.5) is 14.5 Å². The van der Waals surface area contributed by atoms with E-state index in [2.05, 4.69) is 11.0 Å². The Kier molecular flexibility index (Phi) is 11.8. The molecule has 1 unspecified atom stereocenters. The average molecular weight is 802 g/mol. The lowest BCUT2D eigenvalue weighted by Gasteiger charge is -2.40. The van der Waals surface area contributed by atoms with Gasteiger partial charge in [-0.25, -0.2) is 8.78 Å². The second-order valence-electron chi connectivity index (χ2n) is 14.4. The van der Waals surface area contributed by atoms with Gasteiger partial charge in [0.1, 0.15) is 5.75 Å². The highest BCUT2D eigenvalue weighted by Crippen LogP contribution is 2.39. The molecular weight excluding hydrogens is 757 g/mol. The van der Waals surface area contributed by atoms with Crippen LogP contribution in [0.15, 0.2) is 84.9 Å². The van der Waals surface area contributed by atoms with Gasteiger partial charge in [-0.05, 0) is 91.1 Å². The Balaban J connectivity index is 1.31. The van der Waals surface area contributed by atoms with E-state index in [0.717, 1.165) is 29.8 Å². The molecule has 292 valence electrons. The molecule has 8 nitrogen and oxygen atoms in total. The number of fused-ring (bicyclic) bond motifs is 1. The minimum absolute atomic E-state index is 0.183. The Bertz CT molecular complexity index is 2250. The summed E-state index contributed by atoms with van der Waals surface area (Å²) in [7, 11) is 3.37. The number of benzene rings is 4. The van der Waals surface area contributed by atoms with Gasteiger partial charge in [-0.2, -0.15) is 0 Å². The third kappa shape index (κ3) is 7.93. The van der Waals surface area contributed by atoms with Gasteiger partial charge in [0.25, 0.3) is 18.2 Å². The first-order chi connectivity index (χ1) is 26.9. The highest BCUT2D eigenvalue weighted by molar-refractivity contribution is 6.32. The molecule has 0 aliphatic carbocycles. The number of nitrogens with zero attached hydrogens (tertiary/aromatic N) is 4. The van der Waals surface area contributed by atoms with Gasteiger partial charge in [-0.15, -0.1) is 0 Å². The Hall–Kier alpha value is -4.74. The molecular formula is C44H44Cl2F2N4O4. The summed E-state index contributed by atoms with van der Waals surface area (Å²) in [5, 5.41) is 0.329. The summed E-state index contributed by atoms with van der Waals surface area (Å²) in [6, 6.07) is 24.9. The fourth-order valence-electron chi connectivity index (χ4n) is 7.81. The van der Waals surface area contributed by atoms with E-state index >= 15 is 0 Å². The van der Waals surface area contributed by atoms with Crippen LogP contribution in [0.3, 0.4) is 0 Å². The molecule has 5 aromatic rings. The maximum absolute atomic E-state index is 15.0. The molecule has 3 heterocycles. The van der Waals surface area contributed by atoms with Crippen molar-refractivity contribution in [3.63, 3.8) is 0 Å². The summed E-state index contributed by atoms with van der Waals surface area (Å²) < 4.78 is 42.0. The topological polar surface area (TPSA) is 67.2 Å². The second kappa shape index (κ2) is 16.8. The highest BCUT2D eigenvalue weighted by atomic mass is 35.5. The first-order valence-corrected chi connectivity index (χ1v) is 19.4. The number of ether oxygens (including phenoxy) is 2. The molecule has 2 aliphatic rings. The third-order valence-electron chi connectivity index (χ3n) is 11.2. The maximum atomic E-state index is 15.0. The van der Waals surface area contributed by atoms with Crippen LogP contribution in [0.1, 0.15) is 60.7 Å². The Labute approximate surface area is 336 Å². The molecule has 0 radical (unpaired) electrons. The zero-order valence-corrected chi connectivity index (χ0v) is 33.3. The molecule has 1 fully saturated rings.